The van der Waals surface area contributed by atoms with Crippen LogP contribution in [0.4, 0.5) is 0 Å². The quantitative estimate of drug-likeness (QED) is 0.306. The second-order valence-corrected chi connectivity index (χ2v) is 17.3. The highest BCUT2D eigenvalue weighted by atomic mass is 32.1. The summed E-state index contributed by atoms with van der Waals surface area (Å²) in [5.41, 5.74) is 5.12. The maximum absolute atomic E-state index is 13.5. The van der Waals surface area contributed by atoms with Crippen LogP contribution < -0.4 is 0 Å². The van der Waals surface area contributed by atoms with Gasteiger partial charge in [-0.15, -0.1) is 11.3 Å². The van der Waals surface area contributed by atoms with E-state index in [1.807, 2.05) is 12.1 Å². The first-order valence-corrected chi connectivity index (χ1v) is 14.9. The number of ketones is 1. The molecule has 0 radical (unpaired) electrons. The first kappa shape index (κ1) is 22.0. The van der Waals surface area contributed by atoms with E-state index in [2.05, 4.69) is 46.9 Å². The van der Waals surface area contributed by atoms with Crippen LogP contribution in [0, 0.1) is 11.8 Å². The highest BCUT2D eigenvalue weighted by Crippen LogP contribution is 2.54. The molecule has 0 aromatic carbocycles. The fourth-order valence-corrected chi connectivity index (χ4v) is 13.9. The first-order chi connectivity index (χ1) is 13.3. The van der Waals surface area contributed by atoms with Crippen molar-refractivity contribution in [3.63, 3.8) is 0 Å². The van der Waals surface area contributed by atoms with Gasteiger partial charge in [0.05, 0.1) is 13.0 Å². The number of hydrogen-bond acceptors (Lipinski definition) is 2. The summed E-state index contributed by atoms with van der Waals surface area (Å²) in [6.45, 7) is 14.7. The smallest absolute Gasteiger partial charge is 0.199 e. The van der Waals surface area contributed by atoms with Gasteiger partial charge < -0.3 is 0 Å². The summed E-state index contributed by atoms with van der Waals surface area (Å²) in [5.74, 6) is 1.58. The molecule has 1 heterocycles. The molecule has 3 rings (SSSR count). The van der Waals surface area contributed by atoms with Gasteiger partial charge in [-0.2, -0.15) is 0 Å². The molecule has 0 amide bonds. The molecule has 1 nitrogen and oxygen atoms in total. The lowest BCUT2D eigenvalue weighted by molar-refractivity contribution is 0.101. The Kier molecular flexibility index (Phi) is 7.08. The van der Waals surface area contributed by atoms with Gasteiger partial charge in [-0.3, -0.25) is 4.79 Å². The van der Waals surface area contributed by atoms with Gasteiger partial charge in [0.2, 0.25) is 0 Å². The molecule has 0 saturated heterocycles. The van der Waals surface area contributed by atoms with Crippen LogP contribution in [0.25, 0.3) is 0 Å². The number of hydrogen-bond donors (Lipinski definition) is 0. The number of thiophene rings is 1. The highest BCUT2D eigenvalue weighted by Gasteiger charge is 2.48. The fourth-order valence-electron chi connectivity index (χ4n) is 6.63. The van der Waals surface area contributed by atoms with Gasteiger partial charge in [-0.25, -0.2) is 0 Å². The van der Waals surface area contributed by atoms with Gasteiger partial charge in [0, 0.05) is 5.57 Å². The maximum atomic E-state index is 13.5. The summed E-state index contributed by atoms with van der Waals surface area (Å²) in [4.78, 5) is 14.5. The summed E-state index contributed by atoms with van der Waals surface area (Å²) in [7, 11) is -1.49. The Hall–Kier alpha value is -0.673. The zero-order valence-corrected chi connectivity index (χ0v) is 20.7. The van der Waals surface area contributed by atoms with Crippen molar-refractivity contribution in [2.24, 2.45) is 11.8 Å². The maximum Gasteiger partial charge on any atom is 0.199 e. The second kappa shape index (κ2) is 9.00. The summed E-state index contributed by atoms with van der Waals surface area (Å²) in [6, 6.07) is 5.37. The standard InChI is InChI=1S/C25H40OSSi/c1-17(2)28(18(3)4,19(5)6)16-21-15-22(20-11-8-7-9-12-20)24(21)25(26)23-13-10-14-27-23/h10,13-14,17-21H,7-9,11-12,15-16H2,1-6H3. The monoisotopic (exact) mass is 416 g/mol. The van der Waals surface area contributed by atoms with E-state index < -0.39 is 8.07 Å². The normalized spacial score (nSPS) is 21.7. The predicted molar refractivity (Wildman–Crippen MR) is 126 cm³/mol. The molecular weight excluding hydrogens is 376 g/mol. The molecule has 1 atom stereocenters. The van der Waals surface area contributed by atoms with E-state index in [9.17, 15) is 4.79 Å². The molecule has 1 saturated carbocycles. The molecule has 2 aliphatic rings. The minimum Gasteiger partial charge on any atom is -0.288 e. The van der Waals surface area contributed by atoms with E-state index in [1.165, 1.54) is 50.1 Å². The molecule has 1 aromatic heterocycles. The highest BCUT2D eigenvalue weighted by molar-refractivity contribution is 7.12. The van der Waals surface area contributed by atoms with Crippen molar-refractivity contribution in [2.75, 3.05) is 0 Å². The van der Waals surface area contributed by atoms with Crippen molar-refractivity contribution in [2.45, 2.75) is 103 Å². The van der Waals surface area contributed by atoms with Crippen LogP contribution in [0.3, 0.4) is 0 Å². The van der Waals surface area contributed by atoms with E-state index >= 15 is 0 Å². The van der Waals surface area contributed by atoms with E-state index in [4.69, 9.17) is 0 Å². The van der Waals surface area contributed by atoms with Crippen molar-refractivity contribution in [1.82, 2.24) is 0 Å². The van der Waals surface area contributed by atoms with E-state index in [0.29, 0.717) is 17.6 Å². The molecule has 1 aromatic rings. The topological polar surface area (TPSA) is 17.1 Å². The number of allylic oxidation sites excluding steroid dienone is 2. The number of carbonyl (C=O) groups excluding carboxylic acids is 1. The lowest BCUT2D eigenvalue weighted by Gasteiger charge is -2.49. The van der Waals surface area contributed by atoms with Gasteiger partial charge in [0.1, 0.15) is 0 Å². The minimum atomic E-state index is -1.49. The summed E-state index contributed by atoms with van der Waals surface area (Å²) < 4.78 is 0. The van der Waals surface area contributed by atoms with Crippen LogP contribution in [0.5, 0.6) is 0 Å². The number of carbonyl (C=O) groups is 1. The van der Waals surface area contributed by atoms with Crippen molar-refractivity contribution in [3.8, 4) is 0 Å². The van der Waals surface area contributed by atoms with Crippen molar-refractivity contribution in [3.05, 3.63) is 33.5 Å². The van der Waals surface area contributed by atoms with Crippen LogP contribution in [-0.4, -0.2) is 13.9 Å². The van der Waals surface area contributed by atoms with Crippen molar-refractivity contribution >= 4 is 25.2 Å². The lowest BCUT2D eigenvalue weighted by atomic mass is 9.67. The third-order valence-corrected chi connectivity index (χ3v) is 16.7. The van der Waals surface area contributed by atoms with Crippen LogP contribution in [0.15, 0.2) is 28.7 Å². The summed E-state index contributed by atoms with van der Waals surface area (Å²) in [5, 5.41) is 2.05. The van der Waals surface area contributed by atoms with Gasteiger partial charge in [0.25, 0.3) is 0 Å². The third kappa shape index (κ3) is 3.99. The third-order valence-electron chi connectivity index (χ3n) is 8.13. The minimum absolute atomic E-state index is 0.367. The Morgan fingerprint density at radius 1 is 1.04 bits per heavy atom. The van der Waals surface area contributed by atoms with Crippen LogP contribution in [-0.2, 0) is 0 Å². The Balaban J connectivity index is 1.94. The van der Waals surface area contributed by atoms with E-state index in [-0.39, 0.29) is 0 Å². The molecule has 0 spiro atoms. The zero-order valence-electron chi connectivity index (χ0n) is 18.9. The molecule has 156 valence electrons. The molecular formula is C25H40OSSi. The number of rotatable bonds is 8. The largest absolute Gasteiger partial charge is 0.288 e. The SMILES string of the molecule is CC(C)[Si](CC1CC(C2CCCCC2)=C1C(=O)c1cccs1)(C(C)C)C(C)C. The Labute approximate surface area is 178 Å². The molecule has 1 fully saturated rings. The zero-order chi connectivity index (χ0) is 20.5. The predicted octanol–water partition coefficient (Wildman–Crippen LogP) is 8.51. The fraction of sp³-hybridized carbons (Fsp3) is 0.720. The van der Waals surface area contributed by atoms with Crippen LogP contribution >= 0.6 is 11.3 Å². The van der Waals surface area contributed by atoms with Crippen molar-refractivity contribution in [1.29, 1.82) is 0 Å². The molecule has 0 bridgehead atoms. The molecule has 2 aliphatic carbocycles. The molecule has 1 unspecified atom stereocenters. The van der Waals surface area contributed by atoms with Gasteiger partial charge in [0.15, 0.2) is 5.78 Å². The number of Topliss-reactive ketones (excluding diaryl/α,β-unsaturated/α-hetero) is 1. The average molecular weight is 417 g/mol. The molecule has 0 N–H and O–H groups in total. The van der Waals surface area contributed by atoms with Crippen molar-refractivity contribution < 1.29 is 4.79 Å². The summed E-state index contributed by atoms with van der Waals surface area (Å²) in [6.07, 6.45) is 7.90. The molecule has 28 heavy (non-hydrogen) atoms. The lowest BCUT2D eigenvalue weighted by Crippen LogP contribution is -2.48. The van der Waals surface area contributed by atoms with Crippen LogP contribution in [0.2, 0.25) is 22.7 Å². The van der Waals surface area contributed by atoms with E-state index in [1.54, 1.807) is 16.9 Å². The molecule has 0 aliphatic heterocycles. The Morgan fingerprint density at radius 3 is 2.14 bits per heavy atom. The van der Waals surface area contributed by atoms with Gasteiger partial charge in [-0.05, 0) is 48.6 Å². The Bertz CT molecular complexity index is 670. The second-order valence-electron chi connectivity index (χ2n) is 10.3. The van der Waals surface area contributed by atoms with Gasteiger partial charge in [-0.1, -0.05) is 89.1 Å². The van der Waals surface area contributed by atoms with Crippen LogP contribution in [0.1, 0.15) is 89.7 Å². The first-order valence-electron chi connectivity index (χ1n) is 11.6. The van der Waals surface area contributed by atoms with Gasteiger partial charge >= 0.3 is 0 Å². The average Bonchev–Trinajstić information content (AvgIpc) is 3.15. The molecule has 3 heteroatoms. The summed E-state index contributed by atoms with van der Waals surface area (Å²) >= 11 is 1.62. The van der Waals surface area contributed by atoms with E-state index in [0.717, 1.165) is 21.5 Å². The Morgan fingerprint density at radius 2 is 1.64 bits per heavy atom.